The van der Waals surface area contributed by atoms with Crippen LogP contribution >= 0.6 is 0 Å². The first-order chi connectivity index (χ1) is 6.76. The molecule has 0 heterocycles. The van der Waals surface area contributed by atoms with Crippen molar-refractivity contribution in [3.63, 3.8) is 0 Å². The average molecular weight is 226 g/mol. The van der Waals surface area contributed by atoms with Crippen LogP contribution in [0.4, 0.5) is 13.2 Å². The summed E-state index contributed by atoms with van der Waals surface area (Å²) >= 11 is 0. The Labute approximate surface area is 83.0 Å². The quantitative estimate of drug-likeness (QED) is 0.580. The third kappa shape index (κ3) is 1.78. The minimum Gasteiger partial charge on any atom is -0.480 e. The van der Waals surface area contributed by atoms with Gasteiger partial charge < -0.3 is 9.84 Å². The fourth-order valence-electron chi connectivity index (χ4n) is 1.47. The van der Waals surface area contributed by atoms with Gasteiger partial charge in [0.1, 0.15) is 0 Å². The monoisotopic (exact) mass is 226 g/mol. The third-order valence-electron chi connectivity index (χ3n) is 2.38. The highest BCUT2D eigenvalue weighted by atomic mass is 19.4. The van der Waals surface area contributed by atoms with Gasteiger partial charge in [0.25, 0.3) is 0 Å². The Morgan fingerprint density at radius 2 is 2.07 bits per heavy atom. The number of carbonyl (C=O) groups is 2. The van der Waals surface area contributed by atoms with Crippen molar-refractivity contribution >= 4 is 11.9 Å². The number of halogens is 3. The Balaban J connectivity index is 2.88. The van der Waals surface area contributed by atoms with E-state index in [4.69, 9.17) is 5.11 Å². The highest BCUT2D eigenvalue weighted by Crippen LogP contribution is 2.61. The first-order valence-corrected chi connectivity index (χ1v) is 4.24. The van der Waals surface area contributed by atoms with Crippen molar-refractivity contribution in [3.05, 3.63) is 0 Å². The maximum absolute atomic E-state index is 12.2. The van der Waals surface area contributed by atoms with Crippen LogP contribution < -0.4 is 0 Å². The summed E-state index contributed by atoms with van der Waals surface area (Å²) < 4.78 is 41.0. The number of aliphatic carboxylic acids is 1. The summed E-state index contributed by atoms with van der Waals surface area (Å²) in [5, 5.41) is 8.63. The summed E-state index contributed by atoms with van der Waals surface area (Å²) in [4.78, 5) is 21.8. The fraction of sp³-hybridized carbons (Fsp3) is 0.750. The number of hydrogen-bond acceptors (Lipinski definition) is 3. The number of hydrogen-bond donors (Lipinski definition) is 1. The van der Waals surface area contributed by atoms with Crippen molar-refractivity contribution in [1.82, 2.24) is 0 Å². The van der Waals surface area contributed by atoms with Gasteiger partial charge in [0.05, 0.1) is 12.5 Å². The van der Waals surface area contributed by atoms with Crippen LogP contribution in [0.15, 0.2) is 0 Å². The zero-order valence-electron chi connectivity index (χ0n) is 7.80. The second-order valence-electron chi connectivity index (χ2n) is 3.30. The number of carbonyl (C=O) groups excluding carboxylic acids is 1. The van der Waals surface area contributed by atoms with Crippen LogP contribution in [0, 0.1) is 11.3 Å². The lowest BCUT2D eigenvalue weighted by molar-refractivity contribution is -0.180. The van der Waals surface area contributed by atoms with Crippen molar-refractivity contribution < 1.29 is 32.6 Å². The van der Waals surface area contributed by atoms with E-state index in [1.165, 1.54) is 6.92 Å². The van der Waals surface area contributed by atoms with Gasteiger partial charge in [0, 0.05) is 0 Å². The van der Waals surface area contributed by atoms with E-state index in [2.05, 4.69) is 4.74 Å². The van der Waals surface area contributed by atoms with Crippen LogP contribution in [-0.2, 0) is 14.3 Å². The number of esters is 1. The van der Waals surface area contributed by atoms with Crippen molar-refractivity contribution in [3.8, 4) is 0 Å². The maximum Gasteiger partial charge on any atom is 0.393 e. The van der Waals surface area contributed by atoms with Crippen LogP contribution in [-0.4, -0.2) is 29.8 Å². The molecule has 0 saturated heterocycles. The molecule has 1 rings (SSSR count). The summed E-state index contributed by atoms with van der Waals surface area (Å²) in [5.41, 5.74) is -2.41. The molecular weight excluding hydrogens is 217 g/mol. The molecule has 86 valence electrons. The van der Waals surface area contributed by atoms with E-state index in [1.54, 1.807) is 0 Å². The van der Waals surface area contributed by atoms with Crippen LogP contribution in [0.25, 0.3) is 0 Å². The Bertz CT molecular complexity index is 299. The van der Waals surface area contributed by atoms with Crippen molar-refractivity contribution in [1.29, 1.82) is 0 Å². The zero-order chi connectivity index (χ0) is 11.9. The normalized spacial score (nSPS) is 29.7. The predicted molar refractivity (Wildman–Crippen MR) is 40.9 cm³/mol. The molecule has 0 amide bonds. The molecule has 1 N–H and O–H groups in total. The molecule has 0 spiro atoms. The molecule has 0 aliphatic heterocycles. The third-order valence-corrected chi connectivity index (χ3v) is 2.38. The van der Waals surface area contributed by atoms with Gasteiger partial charge in [-0.05, 0) is 13.3 Å². The molecule has 0 aromatic heterocycles. The van der Waals surface area contributed by atoms with E-state index >= 15 is 0 Å². The van der Waals surface area contributed by atoms with E-state index in [1.807, 2.05) is 0 Å². The molecule has 0 radical (unpaired) electrons. The lowest BCUT2D eigenvalue weighted by Crippen LogP contribution is -2.33. The standard InChI is InChI=1S/C8H9F3O4/c1-2-15-6(14)7(5(12)13)3-4(7)8(9,10)11/h4H,2-3H2,1H3,(H,12,13). The van der Waals surface area contributed by atoms with Crippen LogP contribution in [0.5, 0.6) is 0 Å². The Morgan fingerprint density at radius 1 is 1.53 bits per heavy atom. The highest BCUT2D eigenvalue weighted by molar-refractivity contribution is 6.03. The molecule has 4 nitrogen and oxygen atoms in total. The second-order valence-corrected chi connectivity index (χ2v) is 3.30. The van der Waals surface area contributed by atoms with Crippen LogP contribution in [0.2, 0.25) is 0 Å². The van der Waals surface area contributed by atoms with Gasteiger partial charge in [-0.15, -0.1) is 0 Å². The summed E-state index contributed by atoms with van der Waals surface area (Å²) in [6.07, 6.45) is -5.41. The van der Waals surface area contributed by atoms with E-state index in [-0.39, 0.29) is 6.61 Å². The molecule has 0 aromatic rings. The van der Waals surface area contributed by atoms with Crippen molar-refractivity contribution in [2.45, 2.75) is 19.5 Å². The minimum absolute atomic E-state index is 0.140. The van der Waals surface area contributed by atoms with E-state index in [0.29, 0.717) is 0 Å². The molecule has 2 unspecified atom stereocenters. The van der Waals surface area contributed by atoms with Crippen molar-refractivity contribution in [2.75, 3.05) is 6.61 Å². The SMILES string of the molecule is CCOC(=O)C1(C(=O)O)CC1C(F)(F)F. The Morgan fingerprint density at radius 3 is 2.33 bits per heavy atom. The number of carboxylic acid groups (broad SMARTS) is 1. The topological polar surface area (TPSA) is 63.6 Å². The van der Waals surface area contributed by atoms with Crippen LogP contribution in [0.1, 0.15) is 13.3 Å². The van der Waals surface area contributed by atoms with Gasteiger partial charge in [0.2, 0.25) is 0 Å². The molecule has 0 bridgehead atoms. The van der Waals surface area contributed by atoms with Crippen LogP contribution in [0.3, 0.4) is 0 Å². The van der Waals surface area contributed by atoms with Gasteiger partial charge >= 0.3 is 18.1 Å². The lowest BCUT2D eigenvalue weighted by Gasteiger charge is -2.12. The number of carboxylic acids is 1. The summed E-state index contributed by atoms with van der Waals surface area (Å²) in [7, 11) is 0. The second kappa shape index (κ2) is 3.39. The molecule has 1 aliphatic carbocycles. The van der Waals surface area contributed by atoms with E-state index < -0.39 is 35.9 Å². The van der Waals surface area contributed by atoms with Gasteiger partial charge in [-0.3, -0.25) is 9.59 Å². The summed E-state index contributed by atoms with van der Waals surface area (Å²) in [5.74, 6) is -5.20. The first kappa shape index (κ1) is 11.8. The lowest BCUT2D eigenvalue weighted by atomic mass is 10.0. The number of ether oxygens (including phenoxy) is 1. The highest BCUT2D eigenvalue weighted by Gasteiger charge is 2.76. The maximum atomic E-state index is 12.2. The molecule has 1 saturated carbocycles. The predicted octanol–water partition coefficient (Wildman–Crippen LogP) is 1.20. The van der Waals surface area contributed by atoms with E-state index in [0.717, 1.165) is 0 Å². The first-order valence-electron chi connectivity index (χ1n) is 4.24. The summed E-state index contributed by atoms with van der Waals surface area (Å²) in [6.45, 7) is 1.26. The smallest absolute Gasteiger partial charge is 0.393 e. The number of alkyl halides is 3. The zero-order valence-corrected chi connectivity index (χ0v) is 7.80. The molecule has 1 aliphatic rings. The summed E-state index contributed by atoms with van der Waals surface area (Å²) in [6, 6.07) is 0. The molecular formula is C8H9F3O4. The van der Waals surface area contributed by atoms with Gasteiger partial charge in [0.15, 0.2) is 5.41 Å². The van der Waals surface area contributed by atoms with E-state index in [9.17, 15) is 22.8 Å². The fourth-order valence-corrected chi connectivity index (χ4v) is 1.47. The number of rotatable bonds is 3. The largest absolute Gasteiger partial charge is 0.480 e. The van der Waals surface area contributed by atoms with Gasteiger partial charge in [-0.25, -0.2) is 0 Å². The molecule has 7 heteroatoms. The molecule has 0 aromatic carbocycles. The van der Waals surface area contributed by atoms with Gasteiger partial charge in [-0.1, -0.05) is 0 Å². The molecule has 1 fully saturated rings. The Kier molecular flexibility index (Phi) is 2.67. The Hall–Kier alpha value is -1.27. The molecule has 2 atom stereocenters. The molecule has 15 heavy (non-hydrogen) atoms. The minimum atomic E-state index is -4.68. The van der Waals surface area contributed by atoms with Gasteiger partial charge in [-0.2, -0.15) is 13.2 Å². The van der Waals surface area contributed by atoms with Crippen molar-refractivity contribution in [2.24, 2.45) is 11.3 Å². The average Bonchev–Trinajstić information content (AvgIpc) is 2.78.